The van der Waals surface area contributed by atoms with E-state index < -0.39 is 5.41 Å². The van der Waals surface area contributed by atoms with Gasteiger partial charge in [0.15, 0.2) is 0 Å². The topological polar surface area (TPSA) is 4.93 Å². The van der Waals surface area contributed by atoms with E-state index in [1.54, 1.807) is 0 Å². The lowest BCUT2D eigenvalue weighted by atomic mass is 9.67. The van der Waals surface area contributed by atoms with E-state index in [4.69, 9.17) is 9.32 Å². The summed E-state index contributed by atoms with van der Waals surface area (Å²) in [6, 6.07) is 40.4. The van der Waals surface area contributed by atoms with Crippen LogP contribution in [0, 0.1) is 0 Å². The molecule has 7 aromatic rings. The zero-order valence-corrected chi connectivity index (χ0v) is 25.0. The van der Waals surface area contributed by atoms with Crippen molar-refractivity contribution >= 4 is 21.8 Å². The number of hydrogen-bond acceptors (Lipinski definition) is 0. The van der Waals surface area contributed by atoms with E-state index in [-0.39, 0.29) is 29.9 Å². The highest BCUT2D eigenvalue weighted by Crippen LogP contribution is 2.57. The fourth-order valence-corrected chi connectivity index (χ4v) is 7.08. The van der Waals surface area contributed by atoms with Crippen molar-refractivity contribution in [3.63, 3.8) is 0 Å². The minimum absolute atomic E-state index is 0.0668. The summed E-state index contributed by atoms with van der Waals surface area (Å²) in [6.07, 6.45) is 8.12. The Kier molecular flexibility index (Phi) is 5.48. The van der Waals surface area contributed by atoms with Gasteiger partial charge in [-0.2, -0.15) is 0 Å². The van der Waals surface area contributed by atoms with Gasteiger partial charge in [-0.15, -0.1) is 0 Å². The number of benzene rings is 6. The Morgan fingerprint density at radius 1 is 0.644 bits per heavy atom. The molecule has 0 amide bonds. The van der Waals surface area contributed by atoms with Gasteiger partial charge in [-0.25, -0.2) is 0 Å². The quantitative estimate of drug-likeness (QED) is 0.173. The van der Waals surface area contributed by atoms with E-state index in [1.807, 2.05) is 84.3 Å². The highest BCUT2D eigenvalue weighted by atomic mass is 15.0. The molecule has 45 heavy (non-hydrogen) atoms. The summed E-state index contributed by atoms with van der Waals surface area (Å²) >= 11 is 0. The SMILES string of the molecule is [2H]c1c([2H])c(-n2c3ccccc3c3cc4c(cc32)C(C(=C)/C=C\C=C/C)(c2ccccc2)c2ccccc2-4)c([2H])c([2H])c1-c1ccccc1. The molecule has 1 aliphatic rings. The van der Waals surface area contributed by atoms with Gasteiger partial charge in [-0.3, -0.25) is 0 Å². The summed E-state index contributed by atoms with van der Waals surface area (Å²) in [7, 11) is 0. The lowest BCUT2D eigenvalue weighted by molar-refractivity contribution is 0.771. The first-order valence-electron chi connectivity index (χ1n) is 17.3. The van der Waals surface area contributed by atoms with Crippen LogP contribution in [0.2, 0.25) is 0 Å². The van der Waals surface area contributed by atoms with Crippen LogP contribution < -0.4 is 0 Å². The number of hydrogen-bond donors (Lipinski definition) is 0. The second-order valence-electron chi connectivity index (χ2n) is 11.4. The van der Waals surface area contributed by atoms with Crippen molar-refractivity contribution in [1.29, 1.82) is 0 Å². The molecule has 0 radical (unpaired) electrons. The summed E-state index contributed by atoms with van der Waals surface area (Å²) in [5.74, 6) is 0. The maximum Gasteiger partial charge on any atom is 0.0708 e. The van der Waals surface area contributed by atoms with Crippen LogP contribution in [0.3, 0.4) is 0 Å². The third kappa shape index (κ3) is 4.08. The molecule has 1 nitrogen and oxygen atoms in total. The van der Waals surface area contributed by atoms with Crippen LogP contribution in [0.25, 0.3) is 49.7 Å². The molecule has 0 spiro atoms. The predicted molar refractivity (Wildman–Crippen MR) is 191 cm³/mol. The van der Waals surface area contributed by atoms with E-state index in [1.165, 1.54) is 0 Å². The molecule has 0 aliphatic heterocycles. The van der Waals surface area contributed by atoms with Gasteiger partial charge >= 0.3 is 0 Å². The minimum Gasteiger partial charge on any atom is -0.309 e. The molecule has 0 fully saturated rings. The first-order chi connectivity index (χ1) is 23.9. The average molecular weight is 580 g/mol. The lowest BCUT2D eigenvalue weighted by Crippen LogP contribution is -2.28. The van der Waals surface area contributed by atoms with E-state index >= 15 is 0 Å². The maximum absolute atomic E-state index is 9.34. The van der Waals surface area contributed by atoms with Crippen molar-refractivity contribution < 1.29 is 5.48 Å². The first kappa shape index (κ1) is 22.8. The molecule has 1 unspecified atom stereocenters. The Balaban J connectivity index is 1.51. The molecule has 0 bridgehead atoms. The Morgan fingerprint density at radius 2 is 1.33 bits per heavy atom. The number of para-hydroxylation sites is 1. The fraction of sp³-hybridized carbons (Fsp3) is 0.0455. The second-order valence-corrected chi connectivity index (χ2v) is 11.4. The Labute approximate surface area is 270 Å². The average Bonchev–Trinajstić information content (AvgIpc) is 3.61. The van der Waals surface area contributed by atoms with Gasteiger partial charge in [-0.05, 0) is 81.7 Å². The van der Waals surface area contributed by atoms with Crippen LogP contribution in [0.5, 0.6) is 0 Å². The van der Waals surface area contributed by atoms with Crippen molar-refractivity contribution in [2.75, 3.05) is 0 Å². The standard InChI is InChI=1S/C44H33N/c1-3-4-7-16-31(2)44(34-19-10-6-11-20-34)40-23-14-12-21-36(40)38-29-39-37-22-13-15-24-42(37)45(43(39)30-41(38)44)35-27-25-33(26-28-35)32-17-8-5-9-18-32/h3-30H,2H2,1H3/b4-3-,16-7-/i25D,26D,27D,28D. The minimum atomic E-state index is -0.716. The monoisotopic (exact) mass is 579 g/mol. The van der Waals surface area contributed by atoms with Gasteiger partial charge < -0.3 is 4.57 Å². The Hall–Kier alpha value is -5.66. The first-order valence-corrected chi connectivity index (χ1v) is 15.3. The number of fused-ring (bicyclic) bond motifs is 6. The molecular formula is C44H33N. The van der Waals surface area contributed by atoms with Crippen LogP contribution in [0.4, 0.5) is 0 Å². The van der Waals surface area contributed by atoms with Gasteiger partial charge in [-0.1, -0.05) is 146 Å². The van der Waals surface area contributed by atoms with Crippen LogP contribution in [-0.4, -0.2) is 4.57 Å². The maximum atomic E-state index is 9.34. The summed E-state index contributed by atoms with van der Waals surface area (Å²) in [6.45, 7) is 6.70. The molecule has 0 saturated heterocycles. The third-order valence-electron chi connectivity index (χ3n) is 9.02. The molecule has 0 N–H and O–H groups in total. The van der Waals surface area contributed by atoms with E-state index in [0.717, 1.165) is 55.2 Å². The van der Waals surface area contributed by atoms with Gasteiger partial charge in [0.2, 0.25) is 0 Å². The third-order valence-corrected chi connectivity index (χ3v) is 9.02. The molecule has 1 atom stereocenters. The molecule has 6 aromatic carbocycles. The van der Waals surface area contributed by atoms with Crippen molar-refractivity contribution in [3.8, 4) is 27.9 Å². The van der Waals surface area contributed by atoms with Crippen molar-refractivity contribution in [3.05, 3.63) is 199 Å². The predicted octanol–water partition coefficient (Wildman–Crippen LogP) is 11.5. The highest BCUT2D eigenvalue weighted by molar-refractivity contribution is 6.12. The fourth-order valence-electron chi connectivity index (χ4n) is 7.08. The largest absolute Gasteiger partial charge is 0.309 e. The van der Waals surface area contributed by atoms with Gasteiger partial charge in [0.05, 0.1) is 21.9 Å². The number of allylic oxidation sites excluding steroid dienone is 5. The van der Waals surface area contributed by atoms with Gasteiger partial charge in [0, 0.05) is 16.5 Å². The number of rotatable bonds is 6. The lowest BCUT2D eigenvalue weighted by Gasteiger charge is -2.34. The normalized spacial score (nSPS) is 16.9. The van der Waals surface area contributed by atoms with Gasteiger partial charge in [0.1, 0.15) is 0 Å². The zero-order chi connectivity index (χ0) is 33.9. The van der Waals surface area contributed by atoms with Crippen LogP contribution in [0.15, 0.2) is 182 Å². The Morgan fingerprint density at radius 3 is 2.11 bits per heavy atom. The van der Waals surface area contributed by atoms with Crippen LogP contribution in [-0.2, 0) is 5.41 Å². The summed E-state index contributed by atoms with van der Waals surface area (Å²) in [5.41, 5.74) is 8.55. The smallest absolute Gasteiger partial charge is 0.0708 e. The summed E-state index contributed by atoms with van der Waals surface area (Å²) in [5, 5.41) is 1.96. The zero-order valence-electron chi connectivity index (χ0n) is 29.0. The number of aromatic nitrogens is 1. The molecule has 1 heterocycles. The molecule has 214 valence electrons. The molecule has 0 saturated carbocycles. The van der Waals surface area contributed by atoms with E-state index in [9.17, 15) is 2.74 Å². The van der Waals surface area contributed by atoms with Crippen LogP contribution in [0.1, 0.15) is 29.1 Å². The van der Waals surface area contributed by atoms with E-state index in [0.29, 0.717) is 11.1 Å². The summed E-state index contributed by atoms with van der Waals surface area (Å²) in [4.78, 5) is 0. The summed E-state index contributed by atoms with van der Waals surface area (Å²) < 4.78 is 38.9. The molecule has 1 aromatic heterocycles. The van der Waals surface area contributed by atoms with Crippen molar-refractivity contribution in [2.24, 2.45) is 0 Å². The molecule has 8 rings (SSSR count). The van der Waals surface area contributed by atoms with Crippen molar-refractivity contribution in [1.82, 2.24) is 4.57 Å². The van der Waals surface area contributed by atoms with Crippen LogP contribution >= 0.6 is 0 Å². The molecule has 1 heteroatoms. The van der Waals surface area contributed by atoms with Crippen molar-refractivity contribution in [2.45, 2.75) is 12.3 Å². The highest BCUT2D eigenvalue weighted by Gasteiger charge is 2.46. The second kappa shape index (κ2) is 10.8. The molecule has 1 aliphatic carbocycles. The van der Waals surface area contributed by atoms with Gasteiger partial charge in [0.25, 0.3) is 0 Å². The Bertz CT molecular complexity index is 2480. The van der Waals surface area contributed by atoms with E-state index in [2.05, 4.69) is 72.8 Å². The number of nitrogens with zero attached hydrogens (tertiary/aromatic N) is 1. The molecular weight excluding hydrogens is 542 g/mol.